The number of anilines is 1. The highest BCUT2D eigenvalue weighted by Crippen LogP contribution is 2.44. The number of carbonyl (C=O) groups excluding carboxylic acids is 2. The number of hydrogen-bond donors (Lipinski definition) is 3. The van der Waals surface area contributed by atoms with Crippen molar-refractivity contribution in [2.45, 2.75) is 66.2 Å². The zero-order valence-corrected chi connectivity index (χ0v) is 21.4. The van der Waals surface area contributed by atoms with Crippen LogP contribution in [-0.2, 0) is 18.3 Å². The van der Waals surface area contributed by atoms with Gasteiger partial charge in [0.05, 0.1) is 5.56 Å². The second kappa shape index (κ2) is 8.94. The second-order valence-corrected chi connectivity index (χ2v) is 12.1. The van der Waals surface area contributed by atoms with Crippen LogP contribution in [0.3, 0.4) is 0 Å². The van der Waals surface area contributed by atoms with Crippen LogP contribution in [0.4, 0.5) is 5.00 Å². The smallest absolute Gasteiger partial charge is 0.257 e. The van der Waals surface area contributed by atoms with E-state index in [1.165, 1.54) is 16.2 Å². The van der Waals surface area contributed by atoms with E-state index in [-0.39, 0.29) is 21.8 Å². The van der Waals surface area contributed by atoms with Gasteiger partial charge in [-0.3, -0.25) is 14.9 Å². The molecule has 0 fully saturated rings. The number of thiocarbonyl (C=S) groups is 1. The summed E-state index contributed by atoms with van der Waals surface area (Å²) in [6.07, 6.45) is 2.77. The minimum atomic E-state index is -0.467. The van der Waals surface area contributed by atoms with Crippen molar-refractivity contribution in [2.24, 2.45) is 17.1 Å². The Morgan fingerprint density at radius 3 is 2.25 bits per heavy atom. The van der Waals surface area contributed by atoms with Gasteiger partial charge in [-0.1, -0.05) is 53.7 Å². The van der Waals surface area contributed by atoms with E-state index in [4.69, 9.17) is 18.0 Å². The van der Waals surface area contributed by atoms with Gasteiger partial charge in [0, 0.05) is 10.4 Å². The minimum absolute atomic E-state index is 0.0152. The highest BCUT2D eigenvalue weighted by atomic mass is 32.1. The van der Waals surface area contributed by atoms with Gasteiger partial charge in [-0.2, -0.15) is 0 Å². The molecule has 32 heavy (non-hydrogen) atoms. The van der Waals surface area contributed by atoms with Crippen LogP contribution in [0.5, 0.6) is 0 Å². The molecule has 5 nitrogen and oxygen atoms in total. The number of thiophene rings is 1. The molecule has 0 bridgehead atoms. The summed E-state index contributed by atoms with van der Waals surface area (Å²) in [6, 6.07) is 7.50. The van der Waals surface area contributed by atoms with Crippen molar-refractivity contribution in [1.29, 1.82) is 0 Å². The Balaban J connectivity index is 1.74. The average Bonchev–Trinajstić information content (AvgIpc) is 3.03. The molecule has 3 rings (SSSR count). The van der Waals surface area contributed by atoms with Gasteiger partial charge < -0.3 is 11.1 Å². The highest BCUT2D eigenvalue weighted by molar-refractivity contribution is 7.80. The zero-order chi connectivity index (χ0) is 23.8. The van der Waals surface area contributed by atoms with Crippen LogP contribution in [0.1, 0.15) is 84.7 Å². The molecule has 1 heterocycles. The fourth-order valence-corrected chi connectivity index (χ4v) is 5.70. The summed E-state index contributed by atoms with van der Waals surface area (Å²) in [4.78, 5) is 26.1. The van der Waals surface area contributed by atoms with E-state index in [2.05, 4.69) is 52.2 Å². The number of hydrogen-bond acceptors (Lipinski definition) is 4. The monoisotopic (exact) mass is 471 g/mol. The summed E-state index contributed by atoms with van der Waals surface area (Å²) in [7, 11) is 0. The quantitative estimate of drug-likeness (QED) is 0.522. The molecule has 7 heteroatoms. The molecule has 0 saturated carbocycles. The summed E-state index contributed by atoms with van der Waals surface area (Å²) in [5.41, 5.74) is 9.14. The summed E-state index contributed by atoms with van der Waals surface area (Å²) in [5.74, 6) is -0.214. The molecule has 0 spiro atoms. The Morgan fingerprint density at radius 2 is 1.72 bits per heavy atom. The molecule has 1 atom stereocenters. The predicted octanol–water partition coefficient (Wildman–Crippen LogP) is 5.42. The van der Waals surface area contributed by atoms with Gasteiger partial charge in [-0.15, -0.1) is 11.3 Å². The lowest BCUT2D eigenvalue weighted by Gasteiger charge is -2.33. The highest BCUT2D eigenvalue weighted by Gasteiger charge is 2.33. The Bertz CT molecular complexity index is 1040. The van der Waals surface area contributed by atoms with Crippen LogP contribution in [0, 0.1) is 11.3 Å². The maximum atomic E-state index is 12.6. The van der Waals surface area contributed by atoms with Crippen LogP contribution in [0.15, 0.2) is 24.3 Å². The first-order valence-corrected chi connectivity index (χ1v) is 12.2. The largest absolute Gasteiger partial charge is 0.365 e. The van der Waals surface area contributed by atoms with E-state index >= 15 is 0 Å². The molecule has 1 aromatic carbocycles. The molecular formula is C25H33N3O2S2. The Morgan fingerprint density at radius 1 is 1.09 bits per heavy atom. The number of nitrogens with one attached hydrogen (secondary N) is 2. The van der Waals surface area contributed by atoms with Crippen molar-refractivity contribution in [3.63, 3.8) is 0 Å². The first-order chi connectivity index (χ1) is 14.8. The van der Waals surface area contributed by atoms with Crippen LogP contribution in [0.25, 0.3) is 0 Å². The molecule has 0 radical (unpaired) electrons. The summed E-state index contributed by atoms with van der Waals surface area (Å²) in [5, 5.41) is 6.55. The molecule has 1 unspecified atom stereocenters. The third-order valence-electron chi connectivity index (χ3n) is 6.20. The third-order valence-corrected chi connectivity index (χ3v) is 7.58. The van der Waals surface area contributed by atoms with Crippen molar-refractivity contribution in [1.82, 2.24) is 5.32 Å². The lowest BCUT2D eigenvalue weighted by Crippen LogP contribution is -2.34. The topological polar surface area (TPSA) is 84.2 Å². The van der Waals surface area contributed by atoms with Crippen molar-refractivity contribution < 1.29 is 9.59 Å². The maximum Gasteiger partial charge on any atom is 0.257 e. The number of benzene rings is 1. The van der Waals surface area contributed by atoms with Gasteiger partial charge in [0.2, 0.25) is 0 Å². The Kier molecular flexibility index (Phi) is 6.82. The molecule has 2 amide bonds. The summed E-state index contributed by atoms with van der Waals surface area (Å²) >= 11 is 6.89. The second-order valence-electron chi connectivity index (χ2n) is 10.6. The Hall–Kier alpha value is -2.25. The van der Waals surface area contributed by atoms with Crippen LogP contribution < -0.4 is 16.4 Å². The van der Waals surface area contributed by atoms with E-state index < -0.39 is 5.91 Å². The fourth-order valence-electron chi connectivity index (χ4n) is 4.11. The zero-order valence-electron chi connectivity index (χ0n) is 19.7. The van der Waals surface area contributed by atoms with Gasteiger partial charge in [-0.25, -0.2) is 0 Å². The van der Waals surface area contributed by atoms with Crippen LogP contribution >= 0.6 is 23.6 Å². The fraction of sp³-hybridized carbons (Fsp3) is 0.480. The number of primary amides is 1. The SMILES string of the molecule is CC(C)(C)c1ccc(C(=O)NC(=S)Nc2sc3c(c2C(N)=O)CCC(C(C)(C)C)C3)cc1. The Labute approximate surface area is 200 Å². The van der Waals surface area contributed by atoms with Crippen molar-refractivity contribution >= 4 is 45.5 Å². The van der Waals surface area contributed by atoms with Crippen LogP contribution in [-0.4, -0.2) is 16.9 Å². The first kappa shape index (κ1) is 24.4. The molecule has 2 aromatic rings. The molecule has 1 aliphatic rings. The number of amides is 2. The molecular weight excluding hydrogens is 438 g/mol. The van der Waals surface area contributed by atoms with E-state index in [1.807, 2.05) is 12.1 Å². The minimum Gasteiger partial charge on any atom is -0.365 e. The van der Waals surface area contributed by atoms with Gasteiger partial charge in [0.1, 0.15) is 5.00 Å². The molecule has 172 valence electrons. The number of nitrogens with two attached hydrogens (primary N) is 1. The van der Waals surface area contributed by atoms with Gasteiger partial charge in [0.25, 0.3) is 11.8 Å². The molecule has 1 aliphatic carbocycles. The van der Waals surface area contributed by atoms with Crippen LogP contribution in [0.2, 0.25) is 0 Å². The lowest BCUT2D eigenvalue weighted by atomic mass is 9.72. The first-order valence-electron chi connectivity index (χ1n) is 10.9. The predicted molar refractivity (Wildman–Crippen MR) is 137 cm³/mol. The van der Waals surface area contributed by atoms with Gasteiger partial charge in [-0.05, 0) is 71.5 Å². The maximum absolute atomic E-state index is 12.6. The van der Waals surface area contributed by atoms with Crippen molar-refractivity contribution in [3.05, 3.63) is 51.4 Å². The number of fused-ring (bicyclic) bond motifs is 1. The van der Waals surface area contributed by atoms with E-state index in [9.17, 15) is 9.59 Å². The van der Waals surface area contributed by atoms with Crippen molar-refractivity contribution in [2.75, 3.05) is 5.32 Å². The molecule has 4 N–H and O–H groups in total. The summed E-state index contributed by atoms with van der Waals surface area (Å²) in [6.45, 7) is 13.1. The van der Waals surface area contributed by atoms with Crippen molar-refractivity contribution in [3.8, 4) is 0 Å². The third kappa shape index (κ3) is 5.38. The molecule has 0 aliphatic heterocycles. The van der Waals surface area contributed by atoms with E-state index in [0.29, 0.717) is 22.0 Å². The average molecular weight is 472 g/mol. The summed E-state index contributed by atoms with van der Waals surface area (Å²) < 4.78 is 0. The van der Waals surface area contributed by atoms with E-state index in [0.717, 1.165) is 30.4 Å². The number of rotatable bonds is 3. The number of carbonyl (C=O) groups is 2. The van der Waals surface area contributed by atoms with Gasteiger partial charge in [0.15, 0.2) is 5.11 Å². The lowest BCUT2D eigenvalue weighted by molar-refractivity contribution is 0.0975. The van der Waals surface area contributed by atoms with E-state index in [1.54, 1.807) is 12.1 Å². The van der Waals surface area contributed by atoms with Gasteiger partial charge >= 0.3 is 0 Å². The molecule has 0 saturated heterocycles. The molecule has 1 aromatic heterocycles. The standard InChI is InChI=1S/C25H33N3O2S2/c1-24(2,3)15-9-7-14(8-10-15)21(30)27-23(31)28-22-19(20(26)29)17-12-11-16(25(4,5)6)13-18(17)32-22/h7-10,16H,11-13H2,1-6H3,(H2,26,29)(H2,27,28,30,31). The normalized spacial score (nSPS) is 16.2.